The van der Waals surface area contributed by atoms with Crippen LogP contribution in [0, 0.1) is 0 Å². The van der Waals surface area contributed by atoms with Crippen LogP contribution in [0.15, 0.2) is 0 Å². The fraction of sp³-hybridized carbons (Fsp3) is 1.00. The smallest absolute Gasteiger partial charge is 0.119 e. The molecular weight excluding hydrogens is 128 g/mol. The molecule has 1 aliphatic rings. The van der Waals surface area contributed by atoms with Crippen LogP contribution in [-0.2, 0) is 0 Å². The van der Waals surface area contributed by atoms with Crippen molar-refractivity contribution in [3.05, 3.63) is 0 Å². The topological polar surface area (TPSA) is 49.5 Å². The average molecular weight is 144 g/mol. The molecule has 10 heavy (non-hydrogen) atoms. The fourth-order valence-electron chi connectivity index (χ4n) is 1.37. The van der Waals surface area contributed by atoms with Gasteiger partial charge in [0.05, 0.1) is 0 Å². The highest BCUT2D eigenvalue weighted by Crippen LogP contribution is 2.09. The van der Waals surface area contributed by atoms with E-state index in [1.165, 1.54) is 19.3 Å². The summed E-state index contributed by atoms with van der Waals surface area (Å²) in [7, 11) is 0. The Morgan fingerprint density at radius 3 is 2.40 bits per heavy atom. The first kappa shape index (κ1) is 7.98. The molecule has 0 bridgehead atoms. The van der Waals surface area contributed by atoms with Crippen molar-refractivity contribution in [1.82, 2.24) is 4.90 Å². The van der Waals surface area contributed by atoms with Gasteiger partial charge in [-0.15, -0.1) is 0 Å². The number of nitrogens with two attached hydrogens (primary N) is 1. The molecular formula is C7H16N2O. The van der Waals surface area contributed by atoms with Crippen LogP contribution in [0.25, 0.3) is 0 Å². The molecule has 1 rings (SSSR count). The second kappa shape index (κ2) is 3.91. The zero-order chi connectivity index (χ0) is 7.40. The minimum Gasteiger partial charge on any atom is -0.377 e. The van der Waals surface area contributed by atoms with Crippen LogP contribution in [-0.4, -0.2) is 35.9 Å². The number of nitrogens with zero attached hydrogens (tertiary/aromatic N) is 1. The summed E-state index contributed by atoms with van der Waals surface area (Å²) in [6.07, 6.45) is 3.31. The number of aliphatic hydroxyl groups is 1. The molecule has 0 aromatic heterocycles. The molecule has 1 unspecified atom stereocenters. The third-order valence-electron chi connectivity index (χ3n) is 2.02. The monoisotopic (exact) mass is 144 g/mol. The first-order chi connectivity index (χ1) is 4.84. The van der Waals surface area contributed by atoms with Crippen molar-refractivity contribution in [2.24, 2.45) is 5.73 Å². The number of hydrogen-bond donors (Lipinski definition) is 2. The van der Waals surface area contributed by atoms with E-state index in [0.717, 1.165) is 13.1 Å². The lowest BCUT2D eigenvalue weighted by molar-refractivity contribution is -0.000607. The second-order valence-corrected chi connectivity index (χ2v) is 2.81. The largest absolute Gasteiger partial charge is 0.377 e. The zero-order valence-corrected chi connectivity index (χ0v) is 6.29. The summed E-state index contributed by atoms with van der Waals surface area (Å²) < 4.78 is 0. The van der Waals surface area contributed by atoms with E-state index in [1.807, 2.05) is 4.90 Å². The van der Waals surface area contributed by atoms with Crippen molar-refractivity contribution < 1.29 is 5.11 Å². The Balaban J connectivity index is 2.24. The standard InChI is InChI=1S/C7H16N2O/c8-6-7(10)9-4-2-1-3-5-9/h7,10H,1-6,8H2. The second-order valence-electron chi connectivity index (χ2n) is 2.81. The van der Waals surface area contributed by atoms with E-state index in [4.69, 9.17) is 5.73 Å². The van der Waals surface area contributed by atoms with Crippen molar-refractivity contribution >= 4 is 0 Å². The highest BCUT2D eigenvalue weighted by atomic mass is 16.3. The Labute approximate surface area is 61.8 Å². The molecule has 1 fully saturated rings. The molecule has 3 heteroatoms. The highest BCUT2D eigenvalue weighted by molar-refractivity contribution is 4.67. The Morgan fingerprint density at radius 1 is 1.30 bits per heavy atom. The van der Waals surface area contributed by atoms with Gasteiger partial charge in [-0.1, -0.05) is 6.42 Å². The van der Waals surface area contributed by atoms with Crippen LogP contribution in [0.3, 0.4) is 0 Å². The molecule has 60 valence electrons. The Kier molecular flexibility index (Phi) is 3.12. The minimum absolute atomic E-state index is 0.361. The van der Waals surface area contributed by atoms with Gasteiger partial charge in [-0.05, 0) is 12.8 Å². The summed E-state index contributed by atoms with van der Waals surface area (Å²) in [6, 6.07) is 0. The number of hydrogen-bond acceptors (Lipinski definition) is 3. The van der Waals surface area contributed by atoms with E-state index in [1.54, 1.807) is 0 Å². The number of piperidine rings is 1. The Bertz CT molecular complexity index is 91.6. The molecule has 0 aromatic carbocycles. The molecule has 3 N–H and O–H groups in total. The Hall–Kier alpha value is -0.120. The first-order valence-electron chi connectivity index (χ1n) is 3.97. The lowest BCUT2D eigenvalue weighted by Gasteiger charge is -2.30. The van der Waals surface area contributed by atoms with Gasteiger partial charge in [0.1, 0.15) is 6.23 Å². The van der Waals surface area contributed by atoms with Gasteiger partial charge in [-0.2, -0.15) is 0 Å². The third-order valence-corrected chi connectivity index (χ3v) is 2.02. The average Bonchev–Trinajstić information content (AvgIpc) is 2.05. The molecule has 0 amide bonds. The number of aliphatic hydroxyl groups excluding tert-OH is 1. The predicted molar refractivity (Wildman–Crippen MR) is 40.5 cm³/mol. The molecule has 1 heterocycles. The quantitative estimate of drug-likeness (QED) is 0.562. The van der Waals surface area contributed by atoms with Gasteiger partial charge >= 0.3 is 0 Å². The van der Waals surface area contributed by atoms with E-state index in [-0.39, 0.29) is 0 Å². The van der Waals surface area contributed by atoms with Crippen molar-refractivity contribution in [2.75, 3.05) is 19.6 Å². The van der Waals surface area contributed by atoms with Crippen LogP contribution in [0.5, 0.6) is 0 Å². The molecule has 0 aliphatic carbocycles. The number of likely N-dealkylation sites (tertiary alicyclic amines) is 1. The molecule has 0 saturated carbocycles. The summed E-state index contributed by atoms with van der Waals surface area (Å²) in [5, 5.41) is 9.28. The minimum atomic E-state index is -0.403. The van der Waals surface area contributed by atoms with E-state index in [9.17, 15) is 5.11 Å². The van der Waals surface area contributed by atoms with Gasteiger partial charge in [0.25, 0.3) is 0 Å². The summed E-state index contributed by atoms with van der Waals surface area (Å²) in [6.45, 7) is 2.39. The predicted octanol–water partition coefficient (Wildman–Crippen LogP) is -0.251. The maximum absolute atomic E-state index is 9.28. The molecule has 0 spiro atoms. The van der Waals surface area contributed by atoms with Gasteiger partial charge in [0.2, 0.25) is 0 Å². The van der Waals surface area contributed by atoms with Crippen LogP contribution in [0.4, 0.5) is 0 Å². The van der Waals surface area contributed by atoms with Gasteiger partial charge in [0.15, 0.2) is 0 Å². The van der Waals surface area contributed by atoms with Crippen molar-refractivity contribution in [2.45, 2.75) is 25.5 Å². The summed E-state index contributed by atoms with van der Waals surface area (Å²) in [5.74, 6) is 0. The molecule has 0 radical (unpaired) electrons. The summed E-state index contributed by atoms with van der Waals surface area (Å²) in [4.78, 5) is 2.05. The maximum atomic E-state index is 9.28. The Morgan fingerprint density at radius 2 is 1.90 bits per heavy atom. The van der Waals surface area contributed by atoms with Crippen molar-refractivity contribution in [3.63, 3.8) is 0 Å². The maximum Gasteiger partial charge on any atom is 0.119 e. The van der Waals surface area contributed by atoms with Gasteiger partial charge in [-0.25, -0.2) is 0 Å². The lowest BCUT2D eigenvalue weighted by Crippen LogP contribution is -2.43. The molecule has 3 nitrogen and oxygen atoms in total. The fourth-order valence-corrected chi connectivity index (χ4v) is 1.37. The number of rotatable bonds is 2. The molecule has 1 saturated heterocycles. The van der Waals surface area contributed by atoms with Crippen molar-refractivity contribution in [3.8, 4) is 0 Å². The van der Waals surface area contributed by atoms with Crippen LogP contribution < -0.4 is 5.73 Å². The molecule has 1 atom stereocenters. The van der Waals surface area contributed by atoms with Crippen LogP contribution >= 0.6 is 0 Å². The molecule has 0 aromatic rings. The van der Waals surface area contributed by atoms with E-state index in [0.29, 0.717) is 6.54 Å². The SMILES string of the molecule is NCC(O)N1CCCCC1. The van der Waals surface area contributed by atoms with Gasteiger partial charge in [-0.3, -0.25) is 4.90 Å². The lowest BCUT2D eigenvalue weighted by atomic mass is 10.1. The van der Waals surface area contributed by atoms with E-state index in [2.05, 4.69) is 0 Å². The van der Waals surface area contributed by atoms with Gasteiger partial charge in [0, 0.05) is 19.6 Å². The highest BCUT2D eigenvalue weighted by Gasteiger charge is 2.15. The van der Waals surface area contributed by atoms with E-state index < -0.39 is 6.23 Å². The third kappa shape index (κ3) is 1.94. The summed E-state index contributed by atoms with van der Waals surface area (Å²) >= 11 is 0. The van der Waals surface area contributed by atoms with Crippen molar-refractivity contribution in [1.29, 1.82) is 0 Å². The van der Waals surface area contributed by atoms with Crippen LogP contribution in [0.1, 0.15) is 19.3 Å². The van der Waals surface area contributed by atoms with Gasteiger partial charge < -0.3 is 10.8 Å². The molecule has 1 aliphatic heterocycles. The van der Waals surface area contributed by atoms with E-state index >= 15 is 0 Å². The first-order valence-corrected chi connectivity index (χ1v) is 3.97. The normalized spacial score (nSPS) is 24.6. The van der Waals surface area contributed by atoms with Crippen LogP contribution in [0.2, 0.25) is 0 Å². The summed E-state index contributed by atoms with van der Waals surface area (Å²) in [5.41, 5.74) is 5.31. The zero-order valence-electron chi connectivity index (χ0n) is 6.29.